The first-order valence-corrected chi connectivity index (χ1v) is 9.27. The molecule has 8 heteroatoms. The topological polar surface area (TPSA) is 113 Å². The third-order valence-corrected chi connectivity index (χ3v) is 4.52. The summed E-state index contributed by atoms with van der Waals surface area (Å²) in [7, 11) is -3.24. The fourth-order valence-electron chi connectivity index (χ4n) is 2.33. The Morgan fingerprint density at radius 3 is 2.62 bits per heavy atom. The van der Waals surface area contributed by atoms with Crippen molar-refractivity contribution in [2.75, 3.05) is 18.6 Å². The van der Waals surface area contributed by atoms with Gasteiger partial charge in [0.25, 0.3) is 0 Å². The molecule has 0 spiro atoms. The number of nitrogens with one attached hydrogen (secondary N) is 2. The minimum Gasteiger partial charge on any atom is -0.480 e. The van der Waals surface area contributed by atoms with Crippen LogP contribution in [0.4, 0.5) is 0 Å². The highest BCUT2D eigenvalue weighted by Crippen LogP contribution is 2.11. The van der Waals surface area contributed by atoms with Gasteiger partial charge in [0.2, 0.25) is 5.91 Å². The molecule has 1 rings (SSSR count). The molecule has 2 atom stereocenters. The van der Waals surface area contributed by atoms with Crippen molar-refractivity contribution < 1.29 is 23.1 Å². The van der Waals surface area contributed by atoms with Gasteiger partial charge in [0, 0.05) is 18.7 Å². The van der Waals surface area contributed by atoms with E-state index in [4.69, 9.17) is 5.11 Å². The van der Waals surface area contributed by atoms with Crippen molar-refractivity contribution in [2.45, 2.75) is 50.6 Å². The number of aliphatic carboxylic acids is 1. The number of rotatable bonds is 8. The molecule has 0 bridgehead atoms. The number of carboxylic acids is 1. The van der Waals surface area contributed by atoms with Crippen LogP contribution in [-0.4, -0.2) is 56.0 Å². The van der Waals surface area contributed by atoms with Crippen molar-refractivity contribution in [1.82, 2.24) is 10.6 Å². The second kappa shape index (κ2) is 8.33. The Kier molecular flexibility index (Phi) is 7.10. The summed E-state index contributed by atoms with van der Waals surface area (Å²) < 4.78 is 22.1. The van der Waals surface area contributed by atoms with Crippen molar-refractivity contribution in [3.63, 3.8) is 0 Å². The Balaban J connectivity index is 2.35. The Bertz CT molecular complexity index is 457. The summed E-state index contributed by atoms with van der Waals surface area (Å²) in [4.78, 5) is 22.8. The van der Waals surface area contributed by atoms with E-state index in [0.29, 0.717) is 12.5 Å². The molecule has 1 aliphatic heterocycles. The maximum Gasteiger partial charge on any atom is 0.326 e. The fourth-order valence-corrected chi connectivity index (χ4v) is 3.00. The first-order chi connectivity index (χ1) is 9.78. The third-order valence-electron chi connectivity index (χ3n) is 3.54. The van der Waals surface area contributed by atoms with Crippen LogP contribution in [0.15, 0.2) is 0 Å². The number of carbonyl (C=O) groups is 2. The summed E-state index contributed by atoms with van der Waals surface area (Å²) in [6.45, 7) is 0.957. The molecule has 1 fully saturated rings. The van der Waals surface area contributed by atoms with Crippen molar-refractivity contribution in [1.29, 1.82) is 0 Å². The molecule has 1 heterocycles. The molecular formula is C13H24N2O5S. The van der Waals surface area contributed by atoms with Crippen LogP contribution in [0.5, 0.6) is 0 Å². The number of hydrogen-bond donors (Lipinski definition) is 3. The lowest BCUT2D eigenvalue weighted by molar-refractivity contribution is -0.141. The van der Waals surface area contributed by atoms with Gasteiger partial charge in [0.15, 0.2) is 0 Å². The predicted octanol–water partition coefficient (Wildman–Crippen LogP) is -0.0872. The van der Waals surface area contributed by atoms with Crippen molar-refractivity contribution in [3.05, 3.63) is 0 Å². The lowest BCUT2D eigenvalue weighted by atomic mass is 10.0. The molecule has 1 aliphatic rings. The molecule has 0 aromatic heterocycles. The van der Waals surface area contributed by atoms with Gasteiger partial charge in [-0.1, -0.05) is 6.42 Å². The number of hydrogen-bond acceptors (Lipinski definition) is 5. The summed E-state index contributed by atoms with van der Waals surface area (Å²) in [5.74, 6) is -1.81. The molecule has 0 radical (unpaired) electrons. The van der Waals surface area contributed by atoms with E-state index in [1.165, 1.54) is 0 Å². The summed E-state index contributed by atoms with van der Waals surface area (Å²) in [5.41, 5.74) is 0. The molecule has 21 heavy (non-hydrogen) atoms. The van der Waals surface area contributed by atoms with Crippen LogP contribution >= 0.6 is 0 Å². The lowest BCUT2D eigenvalue weighted by Gasteiger charge is -2.23. The number of amides is 1. The van der Waals surface area contributed by atoms with E-state index in [0.717, 1.165) is 32.1 Å². The molecule has 1 amide bonds. The molecule has 122 valence electrons. The van der Waals surface area contributed by atoms with Crippen LogP contribution in [0.1, 0.15) is 38.5 Å². The average molecular weight is 320 g/mol. The molecule has 0 aliphatic carbocycles. The lowest BCUT2D eigenvalue weighted by Crippen LogP contribution is -2.42. The minimum atomic E-state index is -3.24. The van der Waals surface area contributed by atoms with Gasteiger partial charge in [0.05, 0.1) is 5.75 Å². The number of piperidine rings is 1. The zero-order chi connectivity index (χ0) is 15.9. The Morgan fingerprint density at radius 1 is 1.38 bits per heavy atom. The summed E-state index contributed by atoms with van der Waals surface area (Å²) in [5, 5.41) is 14.7. The van der Waals surface area contributed by atoms with E-state index in [2.05, 4.69) is 10.6 Å². The Morgan fingerprint density at radius 2 is 2.10 bits per heavy atom. The van der Waals surface area contributed by atoms with Crippen molar-refractivity contribution >= 4 is 21.7 Å². The average Bonchev–Trinajstić information content (AvgIpc) is 2.41. The zero-order valence-electron chi connectivity index (χ0n) is 12.3. The van der Waals surface area contributed by atoms with Gasteiger partial charge in [-0.05, 0) is 32.2 Å². The van der Waals surface area contributed by atoms with E-state index in [1.807, 2.05) is 0 Å². The van der Waals surface area contributed by atoms with Crippen LogP contribution in [0.3, 0.4) is 0 Å². The summed E-state index contributed by atoms with van der Waals surface area (Å²) in [6, 6.07) is -0.838. The van der Waals surface area contributed by atoms with E-state index in [9.17, 15) is 18.0 Å². The van der Waals surface area contributed by atoms with Gasteiger partial charge in [-0.2, -0.15) is 0 Å². The Labute approximate surface area is 125 Å². The normalized spacial score (nSPS) is 20.7. The standard InChI is InChI=1S/C13H24N2O5S/c1-21(19,20)9-7-11(13(17)18)15-12(16)6-5-10-4-2-3-8-14-10/h10-11,14H,2-9H2,1H3,(H,15,16)(H,17,18). The first kappa shape index (κ1) is 17.9. The maximum atomic E-state index is 11.8. The molecule has 3 N–H and O–H groups in total. The smallest absolute Gasteiger partial charge is 0.326 e. The molecule has 1 saturated heterocycles. The second-order valence-electron chi connectivity index (χ2n) is 5.56. The van der Waals surface area contributed by atoms with Crippen LogP contribution in [-0.2, 0) is 19.4 Å². The fraction of sp³-hybridized carbons (Fsp3) is 0.846. The number of sulfone groups is 1. The summed E-state index contributed by atoms with van der Waals surface area (Å²) in [6.07, 6.45) is 5.18. The van der Waals surface area contributed by atoms with Gasteiger partial charge in [-0.15, -0.1) is 0 Å². The number of carbonyl (C=O) groups excluding carboxylic acids is 1. The van der Waals surface area contributed by atoms with Crippen molar-refractivity contribution in [3.8, 4) is 0 Å². The molecular weight excluding hydrogens is 296 g/mol. The van der Waals surface area contributed by atoms with Crippen LogP contribution in [0.2, 0.25) is 0 Å². The van der Waals surface area contributed by atoms with E-state index in [1.54, 1.807) is 0 Å². The molecule has 0 saturated carbocycles. The highest BCUT2D eigenvalue weighted by atomic mass is 32.2. The van der Waals surface area contributed by atoms with Crippen LogP contribution < -0.4 is 10.6 Å². The highest BCUT2D eigenvalue weighted by molar-refractivity contribution is 7.90. The molecule has 0 aromatic rings. The summed E-state index contributed by atoms with van der Waals surface area (Å²) >= 11 is 0. The molecule has 2 unspecified atom stereocenters. The van der Waals surface area contributed by atoms with Gasteiger partial charge in [-0.3, -0.25) is 4.79 Å². The van der Waals surface area contributed by atoms with Crippen LogP contribution in [0.25, 0.3) is 0 Å². The van der Waals surface area contributed by atoms with Crippen LogP contribution in [0, 0.1) is 0 Å². The minimum absolute atomic E-state index is 0.110. The van der Waals surface area contributed by atoms with Gasteiger partial charge in [0.1, 0.15) is 15.9 Å². The highest BCUT2D eigenvalue weighted by Gasteiger charge is 2.22. The second-order valence-corrected chi connectivity index (χ2v) is 7.82. The Hall–Kier alpha value is -1.15. The zero-order valence-corrected chi connectivity index (χ0v) is 13.1. The van der Waals surface area contributed by atoms with Gasteiger partial charge < -0.3 is 15.7 Å². The molecule has 7 nitrogen and oxygen atoms in total. The number of carboxylic acid groups (broad SMARTS) is 1. The van der Waals surface area contributed by atoms with E-state index >= 15 is 0 Å². The van der Waals surface area contributed by atoms with Gasteiger partial charge in [-0.25, -0.2) is 13.2 Å². The quantitative estimate of drug-likeness (QED) is 0.576. The third kappa shape index (κ3) is 8.01. The molecule has 0 aromatic carbocycles. The van der Waals surface area contributed by atoms with E-state index in [-0.39, 0.29) is 24.5 Å². The van der Waals surface area contributed by atoms with Crippen molar-refractivity contribution in [2.24, 2.45) is 0 Å². The predicted molar refractivity (Wildman–Crippen MR) is 78.8 cm³/mol. The monoisotopic (exact) mass is 320 g/mol. The first-order valence-electron chi connectivity index (χ1n) is 7.21. The van der Waals surface area contributed by atoms with E-state index < -0.39 is 21.8 Å². The largest absolute Gasteiger partial charge is 0.480 e. The van der Waals surface area contributed by atoms with Gasteiger partial charge >= 0.3 is 5.97 Å². The SMILES string of the molecule is CS(=O)(=O)CCC(NC(=O)CCC1CCCCN1)C(=O)O. The maximum absolute atomic E-state index is 11.8.